The Labute approximate surface area is 141 Å². The second kappa shape index (κ2) is 6.80. The summed E-state index contributed by atoms with van der Waals surface area (Å²) >= 11 is 0. The second-order valence-electron chi connectivity index (χ2n) is 5.38. The largest absolute Gasteiger partial charge is 0.416 e. The number of amides is 1. The van der Waals surface area contributed by atoms with E-state index in [-0.39, 0.29) is 16.9 Å². The number of carbonyl (C=O) groups excluding carboxylic acids is 1. The Morgan fingerprint density at radius 3 is 2.20 bits per heavy atom. The molecule has 0 heterocycles. The third-order valence-corrected chi connectivity index (χ3v) is 3.39. The van der Waals surface area contributed by atoms with Gasteiger partial charge >= 0.3 is 6.18 Å². The van der Waals surface area contributed by atoms with E-state index in [2.05, 4.69) is 5.32 Å². The predicted octanol–water partition coefficient (Wildman–Crippen LogP) is 3.93. The molecule has 2 aromatic rings. The van der Waals surface area contributed by atoms with Crippen molar-refractivity contribution in [1.29, 1.82) is 0 Å². The Morgan fingerprint density at radius 1 is 1.12 bits per heavy atom. The maximum absolute atomic E-state index is 12.6. The van der Waals surface area contributed by atoms with Gasteiger partial charge < -0.3 is 10.2 Å². The van der Waals surface area contributed by atoms with Crippen molar-refractivity contribution in [2.75, 3.05) is 24.3 Å². The summed E-state index contributed by atoms with van der Waals surface area (Å²) in [6, 6.07) is 7.74. The third-order valence-electron chi connectivity index (χ3n) is 3.39. The van der Waals surface area contributed by atoms with Crippen LogP contribution in [0.4, 0.5) is 30.2 Å². The van der Waals surface area contributed by atoms with Gasteiger partial charge in [-0.3, -0.25) is 14.9 Å². The number of hydrogen-bond acceptors (Lipinski definition) is 4. The van der Waals surface area contributed by atoms with Crippen LogP contribution in [0.1, 0.15) is 15.9 Å². The highest BCUT2D eigenvalue weighted by atomic mass is 19.4. The number of alkyl halides is 3. The van der Waals surface area contributed by atoms with Crippen molar-refractivity contribution in [3.8, 4) is 0 Å². The molecule has 0 bridgehead atoms. The van der Waals surface area contributed by atoms with Crippen molar-refractivity contribution in [3.05, 3.63) is 63.7 Å². The fourth-order valence-electron chi connectivity index (χ4n) is 2.15. The molecule has 25 heavy (non-hydrogen) atoms. The zero-order valence-corrected chi connectivity index (χ0v) is 13.3. The minimum Gasteiger partial charge on any atom is -0.377 e. The van der Waals surface area contributed by atoms with Gasteiger partial charge in [-0.15, -0.1) is 0 Å². The SMILES string of the molecule is CN(C)c1ccc([N+](=O)[O-])cc1C(=O)Nc1ccc(C(F)(F)F)cc1. The van der Waals surface area contributed by atoms with Gasteiger partial charge in [-0.25, -0.2) is 0 Å². The van der Waals surface area contributed by atoms with Gasteiger partial charge in [0.25, 0.3) is 11.6 Å². The molecule has 0 atom stereocenters. The van der Waals surface area contributed by atoms with Crippen LogP contribution in [0.3, 0.4) is 0 Å². The van der Waals surface area contributed by atoms with E-state index in [4.69, 9.17) is 0 Å². The molecule has 0 aliphatic rings. The van der Waals surface area contributed by atoms with E-state index in [1.165, 1.54) is 12.1 Å². The molecule has 9 heteroatoms. The molecule has 0 saturated carbocycles. The average molecular weight is 353 g/mol. The molecule has 2 aromatic carbocycles. The van der Waals surface area contributed by atoms with Gasteiger partial charge in [0.1, 0.15) is 0 Å². The van der Waals surface area contributed by atoms with Gasteiger partial charge in [0.05, 0.1) is 16.1 Å². The lowest BCUT2D eigenvalue weighted by Crippen LogP contribution is -2.19. The molecule has 0 spiro atoms. The Kier molecular flexibility index (Phi) is 4.96. The van der Waals surface area contributed by atoms with Crippen molar-refractivity contribution in [2.45, 2.75) is 6.18 Å². The number of halogens is 3. The normalized spacial score (nSPS) is 11.1. The summed E-state index contributed by atoms with van der Waals surface area (Å²) in [5, 5.41) is 13.3. The van der Waals surface area contributed by atoms with Crippen molar-refractivity contribution in [1.82, 2.24) is 0 Å². The van der Waals surface area contributed by atoms with E-state index in [0.717, 1.165) is 30.3 Å². The monoisotopic (exact) mass is 353 g/mol. The molecular weight excluding hydrogens is 339 g/mol. The van der Waals surface area contributed by atoms with Crippen LogP contribution >= 0.6 is 0 Å². The number of carbonyl (C=O) groups is 1. The van der Waals surface area contributed by atoms with Crippen molar-refractivity contribution in [2.24, 2.45) is 0 Å². The van der Waals surface area contributed by atoms with Crippen LogP contribution in [0.2, 0.25) is 0 Å². The number of nitrogens with one attached hydrogen (secondary N) is 1. The summed E-state index contributed by atoms with van der Waals surface area (Å²) in [5.74, 6) is -0.660. The highest BCUT2D eigenvalue weighted by molar-refractivity contribution is 6.08. The van der Waals surface area contributed by atoms with Crippen molar-refractivity contribution < 1.29 is 22.9 Å². The van der Waals surface area contributed by atoms with Gasteiger partial charge in [-0.05, 0) is 30.3 Å². The summed E-state index contributed by atoms with van der Waals surface area (Å²) < 4.78 is 37.7. The fourth-order valence-corrected chi connectivity index (χ4v) is 2.15. The predicted molar refractivity (Wildman–Crippen MR) is 86.8 cm³/mol. The molecule has 132 valence electrons. The number of hydrogen-bond donors (Lipinski definition) is 1. The van der Waals surface area contributed by atoms with Crippen LogP contribution in [0.5, 0.6) is 0 Å². The van der Waals surface area contributed by atoms with E-state index in [1.54, 1.807) is 19.0 Å². The molecule has 0 saturated heterocycles. The van der Waals surface area contributed by atoms with Gasteiger partial charge in [0, 0.05) is 37.6 Å². The molecule has 0 unspecified atom stereocenters. The number of nitro groups is 1. The van der Waals surface area contributed by atoms with Gasteiger partial charge in [0.2, 0.25) is 0 Å². The molecule has 2 rings (SSSR count). The first-order valence-electron chi connectivity index (χ1n) is 7.04. The van der Waals surface area contributed by atoms with Crippen LogP contribution in [0.25, 0.3) is 0 Å². The number of non-ortho nitro benzene ring substituents is 1. The second-order valence-corrected chi connectivity index (χ2v) is 5.38. The Hall–Kier alpha value is -3.10. The fraction of sp³-hybridized carbons (Fsp3) is 0.188. The lowest BCUT2D eigenvalue weighted by Gasteiger charge is -2.17. The van der Waals surface area contributed by atoms with Crippen LogP contribution in [0, 0.1) is 10.1 Å². The number of rotatable bonds is 4. The Bertz CT molecular complexity index is 803. The summed E-state index contributed by atoms with van der Waals surface area (Å²) in [4.78, 5) is 24.3. The van der Waals surface area contributed by atoms with Crippen molar-refractivity contribution in [3.63, 3.8) is 0 Å². The Balaban J connectivity index is 2.31. The number of nitro benzene ring substituents is 1. The highest BCUT2D eigenvalue weighted by Crippen LogP contribution is 2.30. The quantitative estimate of drug-likeness (QED) is 0.667. The van der Waals surface area contributed by atoms with Gasteiger partial charge in [-0.2, -0.15) is 13.2 Å². The van der Waals surface area contributed by atoms with E-state index >= 15 is 0 Å². The van der Waals surface area contributed by atoms with Crippen LogP contribution in [-0.2, 0) is 6.18 Å². The molecule has 0 aromatic heterocycles. The topological polar surface area (TPSA) is 75.5 Å². The van der Waals surface area contributed by atoms with Crippen LogP contribution < -0.4 is 10.2 Å². The standard InChI is InChI=1S/C16H14F3N3O3/c1-21(2)14-8-7-12(22(24)25)9-13(14)15(23)20-11-5-3-10(4-6-11)16(17,18)19/h3-9H,1-2H3,(H,20,23). The molecule has 6 nitrogen and oxygen atoms in total. The molecule has 0 aliphatic carbocycles. The van der Waals surface area contributed by atoms with Gasteiger partial charge in [-0.1, -0.05) is 0 Å². The summed E-state index contributed by atoms with van der Waals surface area (Å²) in [5.41, 5.74) is -0.471. The summed E-state index contributed by atoms with van der Waals surface area (Å²) in [7, 11) is 3.33. The smallest absolute Gasteiger partial charge is 0.377 e. The molecule has 0 radical (unpaired) electrons. The molecule has 0 aliphatic heterocycles. The maximum Gasteiger partial charge on any atom is 0.416 e. The molecule has 1 N–H and O–H groups in total. The summed E-state index contributed by atoms with van der Waals surface area (Å²) in [6.45, 7) is 0. The summed E-state index contributed by atoms with van der Waals surface area (Å²) in [6.07, 6.45) is -4.47. The first-order valence-corrected chi connectivity index (χ1v) is 7.04. The lowest BCUT2D eigenvalue weighted by atomic mass is 10.1. The minimum atomic E-state index is -4.47. The zero-order chi connectivity index (χ0) is 18.8. The van der Waals surface area contributed by atoms with E-state index in [1.807, 2.05) is 0 Å². The minimum absolute atomic E-state index is 0.0408. The van der Waals surface area contributed by atoms with E-state index in [9.17, 15) is 28.1 Å². The number of benzene rings is 2. The van der Waals surface area contributed by atoms with Crippen LogP contribution in [-0.4, -0.2) is 24.9 Å². The van der Waals surface area contributed by atoms with Crippen LogP contribution in [0.15, 0.2) is 42.5 Å². The zero-order valence-electron chi connectivity index (χ0n) is 13.3. The Morgan fingerprint density at radius 2 is 1.72 bits per heavy atom. The van der Waals surface area contributed by atoms with Crippen molar-refractivity contribution >= 4 is 23.0 Å². The third kappa shape index (κ3) is 4.25. The first kappa shape index (κ1) is 18.2. The number of nitrogens with zero attached hydrogens (tertiary/aromatic N) is 2. The molecule has 0 fully saturated rings. The molecular formula is C16H14F3N3O3. The lowest BCUT2D eigenvalue weighted by molar-refractivity contribution is -0.384. The van der Waals surface area contributed by atoms with Gasteiger partial charge in [0.15, 0.2) is 0 Å². The van der Waals surface area contributed by atoms with E-state index in [0.29, 0.717) is 5.69 Å². The molecule has 1 amide bonds. The van der Waals surface area contributed by atoms with E-state index < -0.39 is 22.6 Å². The maximum atomic E-state index is 12.6. The first-order chi connectivity index (χ1) is 11.6. The number of anilines is 2. The average Bonchev–Trinajstić information content (AvgIpc) is 2.53. The highest BCUT2D eigenvalue weighted by Gasteiger charge is 2.30.